The number of ether oxygens (including phenoxy) is 2. The molecule has 0 aliphatic rings. The number of hydrogen-bond acceptors (Lipinski definition) is 6. The van der Waals surface area contributed by atoms with Gasteiger partial charge in [-0.1, -0.05) is 91.0 Å². The molecule has 0 aromatic heterocycles. The van der Waals surface area contributed by atoms with Gasteiger partial charge < -0.3 is 19.9 Å². The molecule has 1 atom stereocenters. The van der Waals surface area contributed by atoms with E-state index in [-0.39, 0.29) is 6.42 Å². The van der Waals surface area contributed by atoms with Gasteiger partial charge in [0.2, 0.25) is 5.60 Å². The summed E-state index contributed by atoms with van der Waals surface area (Å²) in [5.41, 5.74) is -0.668. The summed E-state index contributed by atoms with van der Waals surface area (Å²) in [6, 6.07) is 24.8. The topological polar surface area (TPSA) is 102 Å². The summed E-state index contributed by atoms with van der Waals surface area (Å²) < 4.78 is 9.97. The van der Waals surface area contributed by atoms with Crippen LogP contribution in [0.15, 0.2) is 91.0 Å². The molecule has 7 heteroatoms. The maximum absolute atomic E-state index is 13.0. The van der Waals surface area contributed by atoms with Gasteiger partial charge in [0.25, 0.3) is 5.91 Å². The highest BCUT2D eigenvalue weighted by Crippen LogP contribution is 2.31. The van der Waals surface area contributed by atoms with Crippen molar-refractivity contribution in [1.29, 1.82) is 0 Å². The number of carbonyl (C=O) groups excluding carboxylic acids is 3. The molecule has 1 amide bonds. The van der Waals surface area contributed by atoms with Crippen molar-refractivity contribution >= 4 is 17.8 Å². The first-order valence-electron chi connectivity index (χ1n) is 10.4. The molecule has 0 bridgehead atoms. The first-order valence-corrected chi connectivity index (χ1v) is 10.4. The van der Waals surface area contributed by atoms with Crippen molar-refractivity contribution in [1.82, 2.24) is 5.32 Å². The predicted octanol–water partition coefficient (Wildman–Crippen LogP) is 2.37. The summed E-state index contributed by atoms with van der Waals surface area (Å²) in [4.78, 5) is 37.6. The van der Waals surface area contributed by atoms with Gasteiger partial charge in [-0.2, -0.15) is 0 Å². The average Bonchev–Trinajstić information content (AvgIpc) is 2.87. The lowest BCUT2D eigenvalue weighted by molar-refractivity contribution is -0.164. The number of methoxy groups -OCH3 is 1. The van der Waals surface area contributed by atoms with Crippen molar-refractivity contribution in [2.24, 2.45) is 0 Å². The lowest BCUT2D eigenvalue weighted by Gasteiger charge is -2.27. The SMILES string of the molecule is COC(=O)C(Cc1ccccc1)NC(=O)COC(=O)C(O)(c1ccccc1)c1ccccc1. The zero-order valence-corrected chi connectivity index (χ0v) is 18.1. The van der Waals surface area contributed by atoms with E-state index in [9.17, 15) is 19.5 Å². The fraction of sp³-hybridized carbons (Fsp3) is 0.192. The van der Waals surface area contributed by atoms with Crippen molar-refractivity contribution in [3.05, 3.63) is 108 Å². The number of aliphatic hydroxyl groups is 1. The molecule has 0 saturated heterocycles. The molecule has 0 aliphatic carbocycles. The van der Waals surface area contributed by atoms with E-state index in [2.05, 4.69) is 5.32 Å². The molecule has 0 spiro atoms. The zero-order valence-electron chi connectivity index (χ0n) is 18.1. The molecular formula is C26H25NO6. The van der Waals surface area contributed by atoms with E-state index in [0.29, 0.717) is 11.1 Å². The maximum Gasteiger partial charge on any atom is 0.348 e. The van der Waals surface area contributed by atoms with E-state index < -0.39 is 36.1 Å². The van der Waals surface area contributed by atoms with Gasteiger partial charge >= 0.3 is 11.9 Å². The molecular weight excluding hydrogens is 422 g/mol. The second-order valence-corrected chi connectivity index (χ2v) is 7.35. The Hall–Kier alpha value is -3.97. The maximum atomic E-state index is 13.0. The minimum atomic E-state index is -2.10. The molecule has 2 N–H and O–H groups in total. The Bertz CT molecular complexity index is 1030. The number of amides is 1. The van der Waals surface area contributed by atoms with Crippen LogP contribution in [0.5, 0.6) is 0 Å². The third-order valence-electron chi connectivity index (χ3n) is 5.12. The van der Waals surface area contributed by atoms with E-state index in [1.807, 2.05) is 30.3 Å². The van der Waals surface area contributed by atoms with Gasteiger partial charge in [-0.3, -0.25) is 4.79 Å². The molecule has 0 aliphatic heterocycles. The predicted molar refractivity (Wildman–Crippen MR) is 121 cm³/mol. The summed E-state index contributed by atoms with van der Waals surface area (Å²) in [5.74, 6) is -2.32. The van der Waals surface area contributed by atoms with E-state index in [0.717, 1.165) is 5.56 Å². The molecule has 3 aromatic rings. The zero-order chi connectivity index (χ0) is 23.7. The van der Waals surface area contributed by atoms with Crippen LogP contribution < -0.4 is 5.32 Å². The Morgan fingerprint density at radius 1 is 0.848 bits per heavy atom. The Kier molecular flexibility index (Phi) is 7.94. The minimum absolute atomic E-state index is 0.213. The van der Waals surface area contributed by atoms with Crippen LogP contribution in [0.25, 0.3) is 0 Å². The molecule has 170 valence electrons. The molecule has 0 heterocycles. The van der Waals surface area contributed by atoms with Gasteiger partial charge in [0, 0.05) is 6.42 Å². The third kappa shape index (κ3) is 5.84. The van der Waals surface area contributed by atoms with Gasteiger partial charge in [0.15, 0.2) is 6.61 Å². The molecule has 33 heavy (non-hydrogen) atoms. The lowest BCUT2D eigenvalue weighted by atomic mass is 9.86. The summed E-state index contributed by atoms with van der Waals surface area (Å²) in [6.07, 6.45) is 0.213. The molecule has 1 unspecified atom stereocenters. The fourth-order valence-corrected chi connectivity index (χ4v) is 3.42. The van der Waals surface area contributed by atoms with Gasteiger partial charge in [-0.05, 0) is 16.7 Å². The first-order chi connectivity index (χ1) is 15.9. The molecule has 7 nitrogen and oxygen atoms in total. The van der Waals surface area contributed by atoms with E-state index in [4.69, 9.17) is 9.47 Å². The standard InChI is InChI=1S/C26H25NO6/c1-32-24(29)22(17-19-11-5-2-6-12-19)27-23(28)18-33-25(30)26(31,20-13-7-3-8-14-20)21-15-9-4-10-16-21/h2-16,22,31H,17-18H2,1H3,(H,27,28). The van der Waals surface area contributed by atoms with Crippen LogP contribution in [0.1, 0.15) is 16.7 Å². The average molecular weight is 447 g/mol. The van der Waals surface area contributed by atoms with E-state index in [1.165, 1.54) is 7.11 Å². The summed E-state index contributed by atoms with van der Waals surface area (Å²) in [6.45, 7) is -0.677. The van der Waals surface area contributed by atoms with E-state index >= 15 is 0 Å². The van der Waals surface area contributed by atoms with Gasteiger partial charge in [0.05, 0.1) is 7.11 Å². The highest BCUT2D eigenvalue weighted by molar-refractivity contribution is 5.89. The van der Waals surface area contributed by atoms with Crippen LogP contribution in [-0.2, 0) is 35.9 Å². The van der Waals surface area contributed by atoms with Crippen LogP contribution in [0.2, 0.25) is 0 Å². The smallest absolute Gasteiger partial charge is 0.348 e. The van der Waals surface area contributed by atoms with Crippen molar-refractivity contribution in [2.75, 3.05) is 13.7 Å². The van der Waals surface area contributed by atoms with Crippen LogP contribution in [0.4, 0.5) is 0 Å². The lowest BCUT2D eigenvalue weighted by Crippen LogP contribution is -2.46. The number of esters is 2. The number of nitrogens with one attached hydrogen (secondary N) is 1. The Balaban J connectivity index is 1.71. The van der Waals surface area contributed by atoms with Crippen LogP contribution in [0.3, 0.4) is 0 Å². The fourth-order valence-electron chi connectivity index (χ4n) is 3.42. The summed E-state index contributed by atoms with van der Waals surface area (Å²) in [7, 11) is 1.23. The normalized spacial score (nSPS) is 11.8. The summed E-state index contributed by atoms with van der Waals surface area (Å²) in [5, 5.41) is 13.9. The number of hydrogen-bond donors (Lipinski definition) is 2. The Morgan fingerprint density at radius 3 is 1.82 bits per heavy atom. The third-order valence-corrected chi connectivity index (χ3v) is 5.12. The number of benzene rings is 3. The van der Waals surface area contributed by atoms with Crippen LogP contribution >= 0.6 is 0 Å². The van der Waals surface area contributed by atoms with Gasteiger partial charge in [-0.15, -0.1) is 0 Å². The van der Waals surface area contributed by atoms with Crippen molar-refractivity contribution in [3.63, 3.8) is 0 Å². The molecule has 3 aromatic carbocycles. The highest BCUT2D eigenvalue weighted by Gasteiger charge is 2.42. The quantitative estimate of drug-likeness (QED) is 0.489. The van der Waals surface area contributed by atoms with Crippen molar-refractivity contribution in [3.8, 4) is 0 Å². The van der Waals surface area contributed by atoms with Gasteiger partial charge in [-0.25, -0.2) is 9.59 Å². The second kappa shape index (κ2) is 11.1. The monoisotopic (exact) mass is 447 g/mol. The molecule has 3 rings (SSSR count). The number of carbonyl (C=O) groups is 3. The van der Waals surface area contributed by atoms with Gasteiger partial charge in [0.1, 0.15) is 6.04 Å². The highest BCUT2D eigenvalue weighted by atomic mass is 16.6. The largest absolute Gasteiger partial charge is 0.467 e. The number of rotatable bonds is 9. The van der Waals surface area contributed by atoms with Crippen LogP contribution in [0, 0.1) is 0 Å². The summed E-state index contributed by atoms with van der Waals surface area (Å²) >= 11 is 0. The minimum Gasteiger partial charge on any atom is -0.467 e. The molecule has 0 fully saturated rings. The van der Waals surface area contributed by atoms with Crippen LogP contribution in [-0.4, -0.2) is 42.7 Å². The van der Waals surface area contributed by atoms with Crippen molar-refractivity contribution in [2.45, 2.75) is 18.1 Å². The van der Waals surface area contributed by atoms with E-state index in [1.54, 1.807) is 60.7 Å². The van der Waals surface area contributed by atoms with Crippen molar-refractivity contribution < 1.29 is 29.0 Å². The first kappa shape index (κ1) is 23.7. The Labute approximate surface area is 192 Å². The molecule has 0 radical (unpaired) electrons. The Morgan fingerprint density at radius 2 is 1.33 bits per heavy atom. The second-order valence-electron chi connectivity index (χ2n) is 7.35. The molecule has 0 saturated carbocycles.